The lowest BCUT2D eigenvalue weighted by atomic mass is 9.92. The van der Waals surface area contributed by atoms with Crippen LogP contribution in [0.4, 0.5) is 15.9 Å². The number of halogens is 1. The summed E-state index contributed by atoms with van der Waals surface area (Å²) in [7, 11) is 1.59. The SMILES string of the molecule is COc1ccc(C(=O)N(CC(C)(C)F)c2cc(C)ccn2)c(N2CCC(COc3cc(C(CC(=O)O)C4CC4)ccn3)CC2)c1. The van der Waals surface area contributed by atoms with Gasteiger partial charge in [-0.3, -0.25) is 14.5 Å². The predicted octanol–water partition coefficient (Wildman–Crippen LogP) is 6.45. The normalized spacial score (nSPS) is 16.2. The molecule has 1 saturated heterocycles. The van der Waals surface area contributed by atoms with E-state index in [4.69, 9.17) is 9.47 Å². The van der Waals surface area contributed by atoms with E-state index in [2.05, 4.69) is 14.9 Å². The summed E-state index contributed by atoms with van der Waals surface area (Å²) in [6, 6.07) is 12.8. The topological polar surface area (TPSA) is 105 Å². The Morgan fingerprint density at radius 3 is 2.44 bits per heavy atom. The molecule has 3 heterocycles. The Morgan fingerprint density at radius 2 is 1.80 bits per heavy atom. The van der Waals surface area contributed by atoms with Gasteiger partial charge in [0.25, 0.3) is 5.91 Å². The molecule has 3 aromatic rings. The first-order valence-electron chi connectivity index (χ1n) is 15.7. The second-order valence-electron chi connectivity index (χ2n) is 12.9. The third-order valence-corrected chi connectivity index (χ3v) is 8.59. The maximum atomic E-state index is 15.0. The number of nitrogens with zero attached hydrogens (tertiary/aromatic N) is 4. The van der Waals surface area contributed by atoms with Crippen molar-refractivity contribution in [2.45, 2.75) is 64.5 Å². The first kappa shape index (κ1) is 32.2. The van der Waals surface area contributed by atoms with E-state index in [9.17, 15) is 19.1 Å². The minimum atomic E-state index is -1.63. The Morgan fingerprint density at radius 1 is 1.07 bits per heavy atom. The smallest absolute Gasteiger partial charge is 0.303 e. The Kier molecular flexibility index (Phi) is 9.90. The van der Waals surface area contributed by atoms with Crippen LogP contribution in [0, 0.1) is 18.8 Å². The summed E-state index contributed by atoms with van der Waals surface area (Å²) in [5, 5.41) is 9.38. The van der Waals surface area contributed by atoms with Crippen LogP contribution in [-0.2, 0) is 4.79 Å². The molecule has 1 aliphatic heterocycles. The number of rotatable bonds is 13. The molecule has 1 amide bonds. The number of aryl methyl sites for hydroxylation is 1. The molecule has 5 rings (SSSR count). The Hall–Kier alpha value is -4.21. The van der Waals surface area contributed by atoms with Gasteiger partial charge in [0, 0.05) is 37.6 Å². The molecule has 1 N–H and O–H groups in total. The van der Waals surface area contributed by atoms with Gasteiger partial charge >= 0.3 is 5.97 Å². The summed E-state index contributed by atoms with van der Waals surface area (Å²) in [5.41, 5.74) is 1.48. The number of carbonyl (C=O) groups excluding carboxylic acids is 1. The van der Waals surface area contributed by atoms with Crippen molar-refractivity contribution in [1.29, 1.82) is 0 Å². The van der Waals surface area contributed by atoms with Crippen molar-refractivity contribution in [3.63, 3.8) is 0 Å². The van der Waals surface area contributed by atoms with E-state index in [-0.39, 0.29) is 30.7 Å². The van der Waals surface area contributed by atoms with Gasteiger partial charge in [-0.15, -0.1) is 0 Å². The average Bonchev–Trinajstić information content (AvgIpc) is 3.86. The highest BCUT2D eigenvalue weighted by Gasteiger charge is 2.34. The van der Waals surface area contributed by atoms with Gasteiger partial charge < -0.3 is 19.5 Å². The monoisotopic (exact) mass is 618 g/mol. The first-order chi connectivity index (χ1) is 21.5. The zero-order valence-corrected chi connectivity index (χ0v) is 26.5. The largest absolute Gasteiger partial charge is 0.497 e. The van der Waals surface area contributed by atoms with Crippen LogP contribution in [0.5, 0.6) is 11.6 Å². The number of hydrogen-bond acceptors (Lipinski definition) is 7. The van der Waals surface area contributed by atoms with Crippen LogP contribution in [0.25, 0.3) is 0 Å². The number of amides is 1. The minimum absolute atomic E-state index is 0.00976. The van der Waals surface area contributed by atoms with Crippen LogP contribution >= 0.6 is 0 Å². The molecule has 1 saturated carbocycles. The van der Waals surface area contributed by atoms with Crippen LogP contribution in [0.3, 0.4) is 0 Å². The molecule has 1 aromatic carbocycles. The predicted molar refractivity (Wildman–Crippen MR) is 171 cm³/mol. The molecule has 2 aliphatic rings. The lowest BCUT2D eigenvalue weighted by Crippen LogP contribution is -2.42. The number of methoxy groups -OCH3 is 1. The number of ether oxygens (including phenoxy) is 2. The molecule has 240 valence electrons. The molecule has 0 radical (unpaired) electrons. The number of alkyl halides is 1. The number of pyridine rings is 2. The van der Waals surface area contributed by atoms with E-state index in [0.29, 0.717) is 48.6 Å². The van der Waals surface area contributed by atoms with Gasteiger partial charge in [-0.1, -0.05) is 0 Å². The number of carboxylic acids is 1. The zero-order chi connectivity index (χ0) is 32.1. The number of aromatic nitrogens is 2. The first-order valence-corrected chi connectivity index (χ1v) is 15.7. The summed E-state index contributed by atoms with van der Waals surface area (Å²) < 4.78 is 26.6. The fourth-order valence-electron chi connectivity index (χ4n) is 6.05. The summed E-state index contributed by atoms with van der Waals surface area (Å²) in [5.74, 6) is 1.15. The molecule has 9 nitrogen and oxygen atoms in total. The molecule has 45 heavy (non-hydrogen) atoms. The maximum absolute atomic E-state index is 15.0. The van der Waals surface area contributed by atoms with Gasteiger partial charge in [0.05, 0.1) is 37.9 Å². The van der Waals surface area contributed by atoms with Crippen molar-refractivity contribution in [3.8, 4) is 11.6 Å². The van der Waals surface area contributed by atoms with Crippen LogP contribution in [0.15, 0.2) is 54.9 Å². The van der Waals surface area contributed by atoms with E-state index in [0.717, 1.165) is 42.5 Å². The van der Waals surface area contributed by atoms with Crippen molar-refractivity contribution in [3.05, 3.63) is 71.5 Å². The highest BCUT2D eigenvalue weighted by molar-refractivity contribution is 6.09. The van der Waals surface area contributed by atoms with Crippen LogP contribution in [0.1, 0.15) is 73.4 Å². The van der Waals surface area contributed by atoms with Crippen molar-refractivity contribution in [2.75, 3.05) is 43.2 Å². The van der Waals surface area contributed by atoms with E-state index < -0.39 is 11.6 Å². The van der Waals surface area contributed by atoms with Gasteiger partial charge in [0.15, 0.2) is 0 Å². The van der Waals surface area contributed by atoms with E-state index in [1.54, 1.807) is 37.7 Å². The maximum Gasteiger partial charge on any atom is 0.303 e. The van der Waals surface area contributed by atoms with Gasteiger partial charge in [0.1, 0.15) is 17.2 Å². The van der Waals surface area contributed by atoms with E-state index >= 15 is 0 Å². The number of anilines is 2. The molecular formula is C35H43FN4O5. The fourth-order valence-corrected chi connectivity index (χ4v) is 6.05. The molecule has 2 aromatic heterocycles. The van der Waals surface area contributed by atoms with Gasteiger partial charge in [0.2, 0.25) is 5.88 Å². The Bertz CT molecular complexity index is 1500. The number of aliphatic carboxylic acids is 1. The van der Waals surface area contributed by atoms with Crippen LogP contribution < -0.4 is 19.3 Å². The molecular weight excluding hydrogens is 575 g/mol. The molecule has 1 unspecified atom stereocenters. The number of benzene rings is 1. The third-order valence-electron chi connectivity index (χ3n) is 8.59. The standard InChI is InChI=1S/C35H43FN4O5/c1-23-9-13-37-31(17-23)40(22-35(2,3)36)34(43)28-8-7-27(44-4)19-30(28)39-15-11-24(12-16-39)21-45-32-18-26(10-14-38-32)29(20-33(41)42)25-5-6-25/h7-10,13-14,17-19,24-25,29H,5-6,11-12,15-16,20-22H2,1-4H3,(H,41,42). The molecule has 1 aliphatic carbocycles. The Balaban J connectivity index is 1.28. The molecule has 0 spiro atoms. The second kappa shape index (κ2) is 13.8. The van der Waals surface area contributed by atoms with E-state index in [1.165, 1.54) is 18.7 Å². The average molecular weight is 619 g/mol. The fraction of sp³-hybridized carbons (Fsp3) is 0.486. The lowest BCUT2D eigenvalue weighted by Gasteiger charge is -2.35. The van der Waals surface area contributed by atoms with Gasteiger partial charge in [-0.2, -0.15) is 0 Å². The highest BCUT2D eigenvalue weighted by Crippen LogP contribution is 2.45. The van der Waals surface area contributed by atoms with Gasteiger partial charge in [-0.25, -0.2) is 14.4 Å². The van der Waals surface area contributed by atoms with Crippen LogP contribution in [-0.4, -0.2) is 66.0 Å². The Labute approximate surface area is 264 Å². The number of piperidine rings is 1. The van der Waals surface area contributed by atoms with Crippen molar-refractivity contribution in [2.24, 2.45) is 11.8 Å². The van der Waals surface area contributed by atoms with Crippen molar-refractivity contribution in [1.82, 2.24) is 9.97 Å². The second-order valence-corrected chi connectivity index (χ2v) is 12.9. The molecule has 2 fully saturated rings. The summed E-state index contributed by atoms with van der Waals surface area (Å²) >= 11 is 0. The molecule has 0 bridgehead atoms. The minimum Gasteiger partial charge on any atom is -0.497 e. The molecule has 1 atom stereocenters. The quantitative estimate of drug-likeness (QED) is 0.233. The summed E-state index contributed by atoms with van der Waals surface area (Å²) in [6.07, 6.45) is 7.25. The summed E-state index contributed by atoms with van der Waals surface area (Å²) in [6.45, 7) is 6.59. The molecule has 10 heteroatoms. The number of hydrogen-bond donors (Lipinski definition) is 1. The third kappa shape index (κ3) is 8.49. The van der Waals surface area contributed by atoms with Gasteiger partial charge in [-0.05, 0) is 106 Å². The summed E-state index contributed by atoms with van der Waals surface area (Å²) in [4.78, 5) is 37.9. The number of carboxylic acid groups (broad SMARTS) is 1. The van der Waals surface area contributed by atoms with E-state index in [1.807, 2.05) is 31.2 Å². The van der Waals surface area contributed by atoms with Crippen molar-refractivity contribution >= 4 is 23.4 Å². The lowest BCUT2D eigenvalue weighted by molar-refractivity contribution is -0.137. The zero-order valence-electron chi connectivity index (χ0n) is 26.5. The van der Waals surface area contributed by atoms with Crippen molar-refractivity contribution < 1.29 is 28.6 Å². The number of carbonyl (C=O) groups is 2. The highest BCUT2D eigenvalue weighted by atomic mass is 19.1. The van der Waals surface area contributed by atoms with Crippen LogP contribution in [0.2, 0.25) is 0 Å².